The molecule has 2 heterocycles. The first-order valence-electron chi connectivity index (χ1n) is 10.7. The van der Waals surface area contributed by atoms with Crippen LogP contribution in [0.15, 0.2) is 29.3 Å². The van der Waals surface area contributed by atoms with Crippen molar-refractivity contribution in [3.05, 3.63) is 35.4 Å². The topological polar surface area (TPSA) is 66.0 Å². The molecule has 2 atom stereocenters. The first kappa shape index (κ1) is 21.6. The van der Waals surface area contributed by atoms with Gasteiger partial charge in [0.1, 0.15) is 5.50 Å². The SMILES string of the molecule is O=C(Nc1ccc(CCN2CCOCC2)cc1C1=CCCCC1)C1=NC(Cl)C(Cl)N1. The number of morpholine rings is 1. The third-order valence-electron chi connectivity index (χ3n) is 5.77. The molecule has 1 aliphatic carbocycles. The maximum absolute atomic E-state index is 12.7. The van der Waals surface area contributed by atoms with Crippen LogP contribution in [0.25, 0.3) is 5.57 Å². The first-order chi connectivity index (χ1) is 14.6. The number of anilines is 1. The van der Waals surface area contributed by atoms with E-state index in [1.54, 1.807) is 0 Å². The molecule has 0 saturated carbocycles. The van der Waals surface area contributed by atoms with E-state index in [2.05, 4.69) is 38.7 Å². The quantitative estimate of drug-likeness (QED) is 0.513. The standard InChI is InChI=1S/C22H28Cl2N4O2/c23-19-20(24)27-21(26-19)22(29)25-18-7-6-15(8-9-28-10-12-30-13-11-28)14-17(18)16-4-2-1-3-5-16/h4,6-7,14,19-20H,1-3,5,8-13H2,(H,25,29)(H,26,27). The number of hydrogen-bond donors (Lipinski definition) is 2. The first-order valence-corrected chi connectivity index (χ1v) is 11.5. The average molecular weight is 451 g/mol. The van der Waals surface area contributed by atoms with Gasteiger partial charge in [0.2, 0.25) is 0 Å². The molecule has 1 fully saturated rings. The van der Waals surface area contributed by atoms with Crippen molar-refractivity contribution in [3.8, 4) is 0 Å². The molecule has 0 aromatic heterocycles. The number of amides is 1. The zero-order valence-corrected chi connectivity index (χ0v) is 18.5. The number of halogens is 2. The fourth-order valence-corrected chi connectivity index (χ4v) is 4.37. The molecule has 0 radical (unpaired) electrons. The molecular weight excluding hydrogens is 423 g/mol. The molecular formula is C22H28Cl2N4O2. The number of alkyl halides is 2. The van der Waals surface area contributed by atoms with Gasteiger partial charge in [-0.3, -0.25) is 9.69 Å². The Balaban J connectivity index is 1.51. The van der Waals surface area contributed by atoms with Crippen LogP contribution in [0.2, 0.25) is 0 Å². The summed E-state index contributed by atoms with van der Waals surface area (Å²) < 4.78 is 5.44. The van der Waals surface area contributed by atoms with Gasteiger partial charge in [-0.15, -0.1) is 0 Å². The fraction of sp³-hybridized carbons (Fsp3) is 0.545. The van der Waals surface area contributed by atoms with E-state index in [0.29, 0.717) is 0 Å². The summed E-state index contributed by atoms with van der Waals surface area (Å²) in [5.41, 5.74) is 3.27. The highest BCUT2D eigenvalue weighted by molar-refractivity contribution is 6.46. The molecule has 0 spiro atoms. The van der Waals surface area contributed by atoms with Gasteiger partial charge in [0.25, 0.3) is 5.91 Å². The van der Waals surface area contributed by atoms with Crippen LogP contribution >= 0.6 is 23.2 Å². The number of nitrogens with zero attached hydrogens (tertiary/aromatic N) is 2. The highest BCUT2D eigenvalue weighted by Crippen LogP contribution is 2.33. The Labute approximate surface area is 187 Å². The lowest BCUT2D eigenvalue weighted by Crippen LogP contribution is -2.37. The summed E-state index contributed by atoms with van der Waals surface area (Å²) in [5.74, 6) is -0.141. The normalized spacial score (nSPS) is 24.7. The fourth-order valence-electron chi connectivity index (χ4n) is 4.05. The van der Waals surface area contributed by atoms with Crippen molar-refractivity contribution >= 4 is 46.2 Å². The Morgan fingerprint density at radius 1 is 1.27 bits per heavy atom. The number of hydrogen-bond acceptors (Lipinski definition) is 5. The molecule has 4 rings (SSSR count). The predicted octanol–water partition coefficient (Wildman–Crippen LogP) is 3.59. The van der Waals surface area contributed by atoms with E-state index < -0.39 is 11.0 Å². The second-order valence-electron chi connectivity index (χ2n) is 7.91. The Morgan fingerprint density at radius 2 is 2.10 bits per heavy atom. The van der Waals surface area contributed by atoms with Crippen LogP contribution in [0.3, 0.4) is 0 Å². The highest BCUT2D eigenvalue weighted by atomic mass is 35.5. The van der Waals surface area contributed by atoms with Crippen LogP contribution in [0.1, 0.15) is 36.8 Å². The number of carbonyl (C=O) groups excluding carboxylic acids is 1. The van der Waals surface area contributed by atoms with Crippen molar-refractivity contribution in [2.45, 2.75) is 43.1 Å². The zero-order chi connectivity index (χ0) is 20.9. The molecule has 1 amide bonds. The molecule has 1 saturated heterocycles. The minimum absolute atomic E-state index is 0.176. The number of nitrogens with one attached hydrogen (secondary N) is 2. The molecule has 2 N–H and O–H groups in total. The van der Waals surface area contributed by atoms with Crippen molar-refractivity contribution in [2.75, 3.05) is 38.2 Å². The van der Waals surface area contributed by atoms with E-state index in [9.17, 15) is 4.79 Å². The second kappa shape index (κ2) is 10.1. The van der Waals surface area contributed by atoms with Gasteiger partial charge in [-0.1, -0.05) is 35.3 Å². The van der Waals surface area contributed by atoms with Crippen molar-refractivity contribution in [2.24, 2.45) is 4.99 Å². The minimum atomic E-state index is -0.643. The average Bonchev–Trinajstić information content (AvgIpc) is 3.13. The molecule has 6 nitrogen and oxygen atoms in total. The van der Waals surface area contributed by atoms with Gasteiger partial charge in [-0.05, 0) is 55.4 Å². The molecule has 1 aromatic carbocycles. The van der Waals surface area contributed by atoms with E-state index in [0.717, 1.165) is 63.4 Å². The lowest BCUT2D eigenvalue weighted by molar-refractivity contribution is -0.110. The van der Waals surface area contributed by atoms with E-state index in [-0.39, 0.29) is 11.7 Å². The van der Waals surface area contributed by atoms with Gasteiger partial charge < -0.3 is 15.4 Å². The zero-order valence-electron chi connectivity index (χ0n) is 17.0. The van der Waals surface area contributed by atoms with Gasteiger partial charge in [0.15, 0.2) is 11.3 Å². The number of allylic oxidation sites excluding steroid dienone is 2. The summed E-state index contributed by atoms with van der Waals surface area (Å²) in [5, 5.41) is 5.84. The Kier molecular flexibility index (Phi) is 7.31. The van der Waals surface area contributed by atoms with Crippen molar-refractivity contribution in [1.29, 1.82) is 0 Å². The van der Waals surface area contributed by atoms with Gasteiger partial charge in [0.05, 0.1) is 13.2 Å². The van der Waals surface area contributed by atoms with Crippen LogP contribution in [0.4, 0.5) is 5.69 Å². The number of amidine groups is 1. The lowest BCUT2D eigenvalue weighted by Gasteiger charge is -2.26. The van der Waals surface area contributed by atoms with Gasteiger partial charge >= 0.3 is 0 Å². The molecule has 162 valence electrons. The van der Waals surface area contributed by atoms with Crippen molar-refractivity contribution < 1.29 is 9.53 Å². The smallest absolute Gasteiger partial charge is 0.290 e. The highest BCUT2D eigenvalue weighted by Gasteiger charge is 2.29. The van der Waals surface area contributed by atoms with Crippen LogP contribution in [-0.2, 0) is 16.0 Å². The lowest BCUT2D eigenvalue weighted by atomic mass is 9.91. The van der Waals surface area contributed by atoms with Crippen molar-refractivity contribution in [1.82, 2.24) is 10.2 Å². The number of ether oxygens (including phenoxy) is 1. The van der Waals surface area contributed by atoms with Gasteiger partial charge in [-0.25, -0.2) is 4.99 Å². The van der Waals surface area contributed by atoms with Crippen LogP contribution in [0.5, 0.6) is 0 Å². The van der Waals surface area contributed by atoms with Crippen molar-refractivity contribution in [3.63, 3.8) is 0 Å². The molecule has 8 heteroatoms. The Hall–Kier alpha value is -1.60. The summed E-state index contributed by atoms with van der Waals surface area (Å²) >= 11 is 12.0. The monoisotopic (exact) mass is 450 g/mol. The minimum Gasteiger partial charge on any atom is -0.379 e. The summed E-state index contributed by atoms with van der Waals surface area (Å²) in [4.78, 5) is 19.2. The van der Waals surface area contributed by atoms with Gasteiger partial charge in [-0.2, -0.15) is 0 Å². The molecule has 2 aliphatic heterocycles. The molecule has 1 aromatic rings. The largest absolute Gasteiger partial charge is 0.379 e. The van der Waals surface area contributed by atoms with E-state index in [1.807, 2.05) is 6.07 Å². The third kappa shape index (κ3) is 5.35. The van der Waals surface area contributed by atoms with E-state index in [4.69, 9.17) is 27.9 Å². The molecule has 0 bridgehead atoms. The number of aliphatic imine (C=N–C) groups is 1. The summed E-state index contributed by atoms with van der Waals surface area (Å²) in [6.07, 6.45) is 7.78. The summed E-state index contributed by atoms with van der Waals surface area (Å²) in [6.45, 7) is 4.62. The Bertz CT molecular complexity index is 836. The molecule has 3 aliphatic rings. The maximum Gasteiger partial charge on any atom is 0.290 e. The third-order valence-corrected chi connectivity index (χ3v) is 6.60. The van der Waals surface area contributed by atoms with Crippen LogP contribution in [0, 0.1) is 0 Å². The van der Waals surface area contributed by atoms with E-state index in [1.165, 1.54) is 24.0 Å². The summed E-state index contributed by atoms with van der Waals surface area (Å²) in [7, 11) is 0. The Morgan fingerprint density at radius 3 is 2.80 bits per heavy atom. The number of benzene rings is 1. The van der Waals surface area contributed by atoms with E-state index >= 15 is 0 Å². The molecule has 2 unspecified atom stereocenters. The predicted molar refractivity (Wildman–Crippen MR) is 122 cm³/mol. The van der Waals surface area contributed by atoms with Crippen LogP contribution < -0.4 is 10.6 Å². The van der Waals surface area contributed by atoms with Crippen LogP contribution in [-0.4, -0.2) is 60.5 Å². The maximum atomic E-state index is 12.7. The number of rotatable bonds is 6. The second-order valence-corrected chi connectivity index (χ2v) is 8.83. The number of carbonyl (C=O) groups is 1. The molecule has 30 heavy (non-hydrogen) atoms. The summed E-state index contributed by atoms with van der Waals surface area (Å²) in [6, 6.07) is 6.33. The van der Waals surface area contributed by atoms with Gasteiger partial charge in [0, 0.05) is 30.9 Å².